The van der Waals surface area contributed by atoms with E-state index in [1.807, 2.05) is 0 Å². The van der Waals surface area contributed by atoms with Gasteiger partial charge < -0.3 is 10.1 Å². The van der Waals surface area contributed by atoms with Crippen LogP contribution in [0.25, 0.3) is 5.69 Å². The minimum atomic E-state index is -0.162. The van der Waals surface area contributed by atoms with Crippen LogP contribution in [0.4, 0.5) is 5.69 Å². The monoisotopic (exact) mass is 356 g/mol. The molecule has 1 aliphatic heterocycles. The summed E-state index contributed by atoms with van der Waals surface area (Å²) >= 11 is 1.71. The molecular formula is C13H17ClN6O2S. The number of amides is 1. The van der Waals surface area contributed by atoms with Gasteiger partial charge in [-0.1, -0.05) is 0 Å². The Balaban J connectivity index is 0.00000192. The molecule has 0 aliphatic carbocycles. The van der Waals surface area contributed by atoms with Crippen molar-refractivity contribution < 1.29 is 9.53 Å². The number of nitrogens with zero attached hydrogens (tertiary/aromatic N) is 4. The van der Waals surface area contributed by atoms with E-state index in [9.17, 15) is 4.79 Å². The second-order valence-electron chi connectivity index (χ2n) is 4.79. The van der Waals surface area contributed by atoms with Gasteiger partial charge in [-0.3, -0.25) is 10.1 Å². The summed E-state index contributed by atoms with van der Waals surface area (Å²) in [5, 5.41) is 17.5. The minimum absolute atomic E-state index is 0. The maximum Gasteiger partial charge on any atom is 0.242 e. The molecule has 1 saturated heterocycles. The van der Waals surface area contributed by atoms with Gasteiger partial charge in [0, 0.05) is 17.3 Å². The van der Waals surface area contributed by atoms with Crippen molar-refractivity contribution in [3.8, 4) is 11.4 Å². The highest BCUT2D eigenvalue weighted by atomic mass is 35.5. The average molecular weight is 357 g/mol. The van der Waals surface area contributed by atoms with Gasteiger partial charge in [-0.2, -0.15) is 4.68 Å². The highest BCUT2D eigenvalue weighted by molar-refractivity contribution is 7.99. The van der Waals surface area contributed by atoms with Gasteiger partial charge in [0.2, 0.25) is 5.91 Å². The summed E-state index contributed by atoms with van der Waals surface area (Å²) in [6, 6.07) is 5.21. The Morgan fingerprint density at radius 2 is 2.35 bits per heavy atom. The fourth-order valence-corrected chi connectivity index (χ4v) is 3.12. The van der Waals surface area contributed by atoms with E-state index in [0.717, 1.165) is 11.6 Å². The third-order valence-corrected chi connectivity index (χ3v) is 4.27. The molecule has 10 heteroatoms. The van der Waals surface area contributed by atoms with Gasteiger partial charge in [-0.05, 0) is 35.5 Å². The lowest BCUT2D eigenvalue weighted by molar-refractivity contribution is -0.117. The van der Waals surface area contributed by atoms with Crippen molar-refractivity contribution in [1.29, 1.82) is 0 Å². The molecule has 2 aromatic rings. The summed E-state index contributed by atoms with van der Waals surface area (Å²) in [5.74, 6) is 2.80. The first-order chi connectivity index (χ1) is 10.7. The van der Waals surface area contributed by atoms with Gasteiger partial charge in [0.25, 0.3) is 0 Å². The van der Waals surface area contributed by atoms with Crippen LogP contribution in [-0.2, 0) is 4.79 Å². The van der Waals surface area contributed by atoms with Crippen molar-refractivity contribution in [2.24, 2.45) is 0 Å². The summed E-state index contributed by atoms with van der Waals surface area (Å²) in [7, 11) is 1.58. The molecule has 0 bridgehead atoms. The van der Waals surface area contributed by atoms with Crippen molar-refractivity contribution in [1.82, 2.24) is 25.5 Å². The molecule has 1 aromatic carbocycles. The minimum Gasteiger partial charge on any atom is -0.494 e. The lowest BCUT2D eigenvalue weighted by Gasteiger charge is -2.13. The van der Waals surface area contributed by atoms with Gasteiger partial charge in [0.05, 0.1) is 13.2 Å². The molecule has 1 fully saturated rings. The van der Waals surface area contributed by atoms with Crippen molar-refractivity contribution in [2.75, 3.05) is 24.1 Å². The largest absolute Gasteiger partial charge is 0.494 e. The molecule has 0 saturated carbocycles. The second kappa shape index (κ2) is 7.62. The SMILES string of the molecule is COc1ccc(NC(=O)C2CSCN2)cc1-n1nnnc1C.Cl. The number of hydrogen-bond donors (Lipinski definition) is 2. The standard InChI is InChI=1S/C13H16N6O2S.ClH/c1-8-16-17-18-19(8)11-5-9(3-4-12(11)21-2)15-13(20)10-6-22-7-14-10;/h3-5,10,14H,6-7H2,1-2H3,(H,15,20);1H. The second-order valence-corrected chi connectivity index (χ2v) is 5.82. The number of anilines is 1. The summed E-state index contributed by atoms with van der Waals surface area (Å²) < 4.78 is 6.91. The van der Waals surface area contributed by atoms with E-state index in [-0.39, 0.29) is 24.4 Å². The fourth-order valence-electron chi connectivity index (χ4n) is 2.18. The van der Waals surface area contributed by atoms with Crippen LogP contribution in [-0.4, -0.2) is 50.9 Å². The Hall–Kier alpha value is -1.84. The Morgan fingerprint density at radius 1 is 1.52 bits per heavy atom. The molecule has 8 nitrogen and oxygen atoms in total. The molecule has 1 aliphatic rings. The molecule has 1 unspecified atom stereocenters. The maximum atomic E-state index is 12.2. The molecule has 1 atom stereocenters. The summed E-state index contributed by atoms with van der Waals surface area (Å²) in [4.78, 5) is 12.2. The maximum absolute atomic E-state index is 12.2. The van der Waals surface area contributed by atoms with Gasteiger partial charge in [0.15, 0.2) is 5.82 Å². The highest BCUT2D eigenvalue weighted by Crippen LogP contribution is 2.26. The molecule has 23 heavy (non-hydrogen) atoms. The fraction of sp³-hybridized carbons (Fsp3) is 0.385. The number of halogens is 1. The Bertz CT molecular complexity index is 689. The zero-order valence-electron chi connectivity index (χ0n) is 12.6. The van der Waals surface area contributed by atoms with E-state index in [1.165, 1.54) is 0 Å². The van der Waals surface area contributed by atoms with E-state index in [2.05, 4.69) is 26.2 Å². The van der Waals surface area contributed by atoms with Gasteiger partial charge >= 0.3 is 0 Å². The Kier molecular flexibility index (Phi) is 5.80. The predicted octanol–water partition coefficient (Wildman–Crippen LogP) is 1.00. The topological polar surface area (TPSA) is 94.0 Å². The number of thioether (sulfide) groups is 1. The quantitative estimate of drug-likeness (QED) is 0.844. The van der Waals surface area contributed by atoms with Crippen LogP contribution < -0.4 is 15.4 Å². The molecule has 1 amide bonds. The van der Waals surface area contributed by atoms with Crippen molar-refractivity contribution in [3.05, 3.63) is 24.0 Å². The van der Waals surface area contributed by atoms with Crippen LogP contribution in [0.15, 0.2) is 18.2 Å². The smallest absolute Gasteiger partial charge is 0.242 e. The first-order valence-electron chi connectivity index (χ1n) is 6.74. The first-order valence-corrected chi connectivity index (χ1v) is 7.90. The van der Waals surface area contributed by atoms with Gasteiger partial charge in [-0.15, -0.1) is 29.3 Å². The molecule has 124 valence electrons. The number of hydrogen-bond acceptors (Lipinski definition) is 7. The van der Waals surface area contributed by atoms with E-state index in [4.69, 9.17) is 4.74 Å². The van der Waals surface area contributed by atoms with Crippen LogP contribution in [0.3, 0.4) is 0 Å². The van der Waals surface area contributed by atoms with Crippen LogP contribution in [0, 0.1) is 6.92 Å². The van der Waals surface area contributed by atoms with Crippen molar-refractivity contribution in [2.45, 2.75) is 13.0 Å². The van der Waals surface area contributed by atoms with E-state index in [1.54, 1.807) is 48.7 Å². The number of methoxy groups -OCH3 is 1. The van der Waals surface area contributed by atoms with Gasteiger partial charge in [0.1, 0.15) is 11.4 Å². The Morgan fingerprint density at radius 3 is 2.96 bits per heavy atom. The zero-order valence-corrected chi connectivity index (χ0v) is 14.3. The highest BCUT2D eigenvalue weighted by Gasteiger charge is 2.22. The van der Waals surface area contributed by atoms with Crippen LogP contribution in [0.1, 0.15) is 5.82 Å². The van der Waals surface area contributed by atoms with Gasteiger partial charge in [-0.25, -0.2) is 0 Å². The van der Waals surface area contributed by atoms with Crippen LogP contribution >= 0.6 is 24.2 Å². The predicted molar refractivity (Wildman–Crippen MR) is 90.6 cm³/mol. The first kappa shape index (κ1) is 17.5. The third-order valence-electron chi connectivity index (χ3n) is 3.33. The number of aromatic nitrogens is 4. The molecule has 2 heterocycles. The molecule has 1 aromatic heterocycles. The molecule has 3 rings (SSSR count). The lowest BCUT2D eigenvalue weighted by atomic mass is 10.2. The lowest BCUT2D eigenvalue weighted by Crippen LogP contribution is -2.37. The number of ether oxygens (including phenoxy) is 1. The summed E-state index contributed by atoms with van der Waals surface area (Å²) in [6.07, 6.45) is 0. The molecular weight excluding hydrogens is 340 g/mol. The molecule has 0 spiro atoms. The zero-order chi connectivity index (χ0) is 15.5. The normalized spacial score (nSPS) is 16.7. The number of aryl methyl sites for hydroxylation is 1. The average Bonchev–Trinajstić information content (AvgIpc) is 3.18. The number of benzene rings is 1. The van der Waals surface area contributed by atoms with E-state index >= 15 is 0 Å². The number of carbonyl (C=O) groups is 1. The van der Waals surface area contributed by atoms with E-state index < -0.39 is 0 Å². The Labute approximate surface area is 143 Å². The number of carbonyl (C=O) groups excluding carboxylic acids is 1. The number of rotatable bonds is 4. The third kappa shape index (κ3) is 3.74. The summed E-state index contributed by atoms with van der Waals surface area (Å²) in [6.45, 7) is 1.80. The van der Waals surface area contributed by atoms with Crippen molar-refractivity contribution >= 4 is 35.8 Å². The number of nitrogens with one attached hydrogen (secondary N) is 2. The van der Waals surface area contributed by atoms with Crippen LogP contribution in [0.2, 0.25) is 0 Å². The summed E-state index contributed by atoms with van der Waals surface area (Å²) in [5.41, 5.74) is 1.35. The van der Waals surface area contributed by atoms with Crippen molar-refractivity contribution in [3.63, 3.8) is 0 Å². The number of tetrazole rings is 1. The van der Waals surface area contributed by atoms with Crippen LogP contribution in [0.5, 0.6) is 5.75 Å². The molecule has 2 N–H and O–H groups in total. The molecule has 0 radical (unpaired) electrons. The van der Waals surface area contributed by atoms with E-state index in [0.29, 0.717) is 22.9 Å².